The van der Waals surface area contributed by atoms with Gasteiger partial charge in [0.1, 0.15) is 11.4 Å². The van der Waals surface area contributed by atoms with Crippen molar-refractivity contribution in [2.45, 2.75) is 13.5 Å². The lowest BCUT2D eigenvalue weighted by atomic mass is 10.2. The summed E-state index contributed by atoms with van der Waals surface area (Å²) in [6.45, 7) is 1.43. The highest BCUT2D eigenvalue weighted by atomic mass is 32.1. The van der Waals surface area contributed by atoms with E-state index in [0.717, 1.165) is 0 Å². The number of nitrogens with zero attached hydrogens (tertiary/aromatic N) is 3. The van der Waals surface area contributed by atoms with E-state index in [-0.39, 0.29) is 12.3 Å². The van der Waals surface area contributed by atoms with Gasteiger partial charge in [0.2, 0.25) is 5.88 Å². The standard InChI is InChI=1S/C13H11N3O4S/c1-8-6-9(2-3-10(8)16(18)19)20-12-11(7-17)15-4-5-21-13(15)14-12/h2-6,17H,7H2,1H3. The van der Waals surface area contributed by atoms with Gasteiger partial charge in [-0.15, -0.1) is 11.3 Å². The lowest BCUT2D eigenvalue weighted by Gasteiger charge is -2.05. The fourth-order valence-electron chi connectivity index (χ4n) is 2.05. The Morgan fingerprint density at radius 2 is 2.33 bits per heavy atom. The van der Waals surface area contributed by atoms with Gasteiger partial charge in [-0.2, -0.15) is 4.98 Å². The van der Waals surface area contributed by atoms with Crippen molar-refractivity contribution in [3.8, 4) is 11.6 Å². The summed E-state index contributed by atoms with van der Waals surface area (Å²) in [4.78, 5) is 15.4. The van der Waals surface area contributed by atoms with Crippen molar-refractivity contribution in [3.63, 3.8) is 0 Å². The molecule has 0 unspecified atom stereocenters. The molecule has 0 atom stereocenters. The summed E-state index contributed by atoms with van der Waals surface area (Å²) in [6, 6.07) is 4.48. The van der Waals surface area contributed by atoms with E-state index in [4.69, 9.17) is 4.74 Å². The van der Waals surface area contributed by atoms with Gasteiger partial charge in [0, 0.05) is 23.2 Å². The van der Waals surface area contributed by atoms with Crippen molar-refractivity contribution < 1.29 is 14.8 Å². The number of benzene rings is 1. The number of aryl methyl sites for hydroxylation is 1. The largest absolute Gasteiger partial charge is 0.437 e. The fraction of sp³-hybridized carbons (Fsp3) is 0.154. The monoisotopic (exact) mass is 305 g/mol. The van der Waals surface area contributed by atoms with Crippen LogP contribution in [0.2, 0.25) is 0 Å². The summed E-state index contributed by atoms with van der Waals surface area (Å²) in [7, 11) is 0. The second-order valence-electron chi connectivity index (χ2n) is 4.38. The predicted molar refractivity (Wildman–Crippen MR) is 76.9 cm³/mol. The molecule has 0 saturated carbocycles. The van der Waals surface area contributed by atoms with E-state index in [9.17, 15) is 15.2 Å². The zero-order chi connectivity index (χ0) is 15.0. The molecular weight excluding hydrogens is 294 g/mol. The number of thiazole rings is 1. The van der Waals surface area contributed by atoms with Crippen molar-refractivity contribution in [2.75, 3.05) is 0 Å². The molecule has 0 aliphatic rings. The molecule has 108 valence electrons. The third-order valence-electron chi connectivity index (χ3n) is 3.05. The maximum absolute atomic E-state index is 10.8. The minimum atomic E-state index is -0.440. The van der Waals surface area contributed by atoms with Crippen LogP contribution in [0.4, 0.5) is 5.69 Å². The number of fused-ring (bicyclic) bond motifs is 1. The Morgan fingerprint density at radius 1 is 1.52 bits per heavy atom. The molecule has 8 heteroatoms. The van der Waals surface area contributed by atoms with Crippen LogP contribution >= 0.6 is 11.3 Å². The molecule has 0 amide bonds. The smallest absolute Gasteiger partial charge is 0.272 e. The Bertz CT molecular complexity index is 824. The van der Waals surface area contributed by atoms with Crippen LogP contribution in [0.3, 0.4) is 0 Å². The fourth-order valence-corrected chi connectivity index (χ4v) is 2.77. The zero-order valence-corrected chi connectivity index (χ0v) is 11.8. The topological polar surface area (TPSA) is 89.9 Å². The second kappa shape index (κ2) is 5.15. The van der Waals surface area contributed by atoms with Gasteiger partial charge in [0.05, 0.1) is 11.5 Å². The first kappa shape index (κ1) is 13.5. The number of aliphatic hydroxyl groups excluding tert-OH is 1. The third kappa shape index (κ3) is 2.34. The van der Waals surface area contributed by atoms with Crippen LogP contribution in [0.25, 0.3) is 4.96 Å². The first-order valence-corrected chi connectivity index (χ1v) is 6.96. The van der Waals surface area contributed by atoms with Gasteiger partial charge in [0.25, 0.3) is 5.69 Å². The third-order valence-corrected chi connectivity index (χ3v) is 3.81. The Balaban J connectivity index is 1.96. The SMILES string of the molecule is Cc1cc(Oc2nc3sccn3c2CO)ccc1[N+](=O)[O-]. The normalized spacial score (nSPS) is 11.0. The molecule has 3 rings (SSSR count). The summed E-state index contributed by atoms with van der Waals surface area (Å²) in [5.41, 5.74) is 1.09. The molecule has 1 N–H and O–H groups in total. The number of rotatable bonds is 4. The predicted octanol–water partition coefficient (Wildman–Crippen LogP) is 2.90. The quantitative estimate of drug-likeness (QED) is 0.591. The van der Waals surface area contributed by atoms with Crippen molar-refractivity contribution in [1.29, 1.82) is 0 Å². The molecule has 0 spiro atoms. The molecular formula is C13H11N3O4S. The Hall–Kier alpha value is -2.45. The second-order valence-corrected chi connectivity index (χ2v) is 5.26. The van der Waals surface area contributed by atoms with Crippen molar-refractivity contribution in [3.05, 3.63) is 51.1 Å². The molecule has 3 aromatic rings. The molecule has 1 aromatic carbocycles. The molecule has 2 aromatic heterocycles. The van der Waals surface area contributed by atoms with Crippen LogP contribution in [-0.4, -0.2) is 19.4 Å². The highest BCUT2D eigenvalue weighted by Gasteiger charge is 2.16. The maximum Gasteiger partial charge on any atom is 0.272 e. The number of imidazole rings is 1. The lowest BCUT2D eigenvalue weighted by Crippen LogP contribution is -1.95. The van der Waals surface area contributed by atoms with Gasteiger partial charge in [-0.1, -0.05) is 0 Å². The zero-order valence-electron chi connectivity index (χ0n) is 11.0. The molecule has 0 bridgehead atoms. The number of hydrogen-bond donors (Lipinski definition) is 1. The number of nitro groups is 1. The molecule has 0 fully saturated rings. The molecule has 0 aliphatic carbocycles. The Kier molecular flexibility index (Phi) is 3.32. The lowest BCUT2D eigenvalue weighted by molar-refractivity contribution is -0.385. The highest BCUT2D eigenvalue weighted by molar-refractivity contribution is 7.15. The van der Waals surface area contributed by atoms with Gasteiger partial charge >= 0.3 is 0 Å². The summed E-state index contributed by atoms with van der Waals surface area (Å²) in [6.07, 6.45) is 1.80. The number of aromatic nitrogens is 2. The number of aliphatic hydroxyl groups is 1. The highest BCUT2D eigenvalue weighted by Crippen LogP contribution is 2.30. The summed E-state index contributed by atoms with van der Waals surface area (Å²) in [5.74, 6) is 0.746. The molecule has 2 heterocycles. The van der Waals surface area contributed by atoms with E-state index in [1.807, 2.05) is 5.38 Å². The minimum Gasteiger partial charge on any atom is -0.437 e. The average Bonchev–Trinajstić information content (AvgIpc) is 2.98. The van der Waals surface area contributed by atoms with E-state index in [2.05, 4.69) is 4.98 Å². The number of hydrogen-bond acceptors (Lipinski definition) is 6. The maximum atomic E-state index is 10.8. The van der Waals surface area contributed by atoms with Gasteiger partial charge in [-0.3, -0.25) is 14.5 Å². The number of nitro benzene ring substituents is 1. The Labute approximate surface area is 123 Å². The van der Waals surface area contributed by atoms with Gasteiger partial charge in [-0.05, 0) is 19.1 Å². The van der Waals surface area contributed by atoms with E-state index in [0.29, 0.717) is 27.8 Å². The molecule has 21 heavy (non-hydrogen) atoms. The minimum absolute atomic E-state index is 0.0376. The van der Waals surface area contributed by atoms with Crippen LogP contribution in [0, 0.1) is 17.0 Å². The summed E-state index contributed by atoms with van der Waals surface area (Å²) >= 11 is 1.43. The molecule has 0 aliphatic heterocycles. The van der Waals surface area contributed by atoms with Crippen molar-refractivity contribution in [1.82, 2.24) is 9.38 Å². The van der Waals surface area contributed by atoms with Crippen molar-refractivity contribution >= 4 is 22.0 Å². The molecule has 7 nitrogen and oxygen atoms in total. The van der Waals surface area contributed by atoms with Crippen molar-refractivity contribution in [2.24, 2.45) is 0 Å². The first-order chi connectivity index (χ1) is 10.1. The van der Waals surface area contributed by atoms with Crippen LogP contribution < -0.4 is 4.74 Å². The van der Waals surface area contributed by atoms with Crippen LogP contribution in [-0.2, 0) is 6.61 Å². The van der Waals surface area contributed by atoms with E-state index in [1.165, 1.54) is 23.5 Å². The van der Waals surface area contributed by atoms with Gasteiger partial charge in [-0.25, -0.2) is 0 Å². The average molecular weight is 305 g/mol. The van der Waals surface area contributed by atoms with E-state index in [1.54, 1.807) is 23.6 Å². The molecule has 0 saturated heterocycles. The van der Waals surface area contributed by atoms with Gasteiger partial charge in [0.15, 0.2) is 4.96 Å². The van der Waals surface area contributed by atoms with Crippen LogP contribution in [0.1, 0.15) is 11.3 Å². The van der Waals surface area contributed by atoms with E-state index < -0.39 is 4.92 Å². The first-order valence-electron chi connectivity index (χ1n) is 6.08. The summed E-state index contributed by atoms with van der Waals surface area (Å²) in [5, 5.41) is 22.1. The molecule has 0 radical (unpaired) electrons. The van der Waals surface area contributed by atoms with Crippen LogP contribution in [0.5, 0.6) is 11.6 Å². The van der Waals surface area contributed by atoms with Crippen LogP contribution in [0.15, 0.2) is 29.8 Å². The van der Waals surface area contributed by atoms with Gasteiger partial charge < -0.3 is 9.84 Å². The summed E-state index contributed by atoms with van der Waals surface area (Å²) < 4.78 is 7.40. The van der Waals surface area contributed by atoms with E-state index >= 15 is 0 Å². The number of ether oxygens (including phenoxy) is 1. The Morgan fingerprint density at radius 3 is 3.00 bits per heavy atom.